The summed E-state index contributed by atoms with van der Waals surface area (Å²) in [6.45, 7) is 4.44. The van der Waals surface area contributed by atoms with Crippen molar-refractivity contribution in [2.75, 3.05) is 6.54 Å². The molecular weight excluding hydrogens is 286 g/mol. The van der Waals surface area contributed by atoms with Gasteiger partial charge in [0.25, 0.3) is 15.0 Å². The van der Waals surface area contributed by atoms with E-state index in [1.165, 1.54) is 6.07 Å². The Kier molecular flexibility index (Phi) is 5.82. The minimum atomic E-state index is -3.83. The molecule has 4 nitrogen and oxygen atoms in total. The predicted molar refractivity (Wildman–Crippen MR) is 76.1 cm³/mol. The summed E-state index contributed by atoms with van der Waals surface area (Å²) in [5.41, 5.74) is 0.924. The van der Waals surface area contributed by atoms with Crippen molar-refractivity contribution in [3.63, 3.8) is 0 Å². The molecule has 0 fully saturated rings. The quantitative estimate of drug-likeness (QED) is 0.649. The molecule has 0 saturated heterocycles. The first-order valence-electron chi connectivity index (χ1n) is 6.26. The molecule has 0 aliphatic heterocycles. The van der Waals surface area contributed by atoms with Crippen LogP contribution in [-0.2, 0) is 15.5 Å². The maximum atomic E-state index is 11.8. The molecule has 0 aliphatic carbocycles. The second-order valence-corrected chi connectivity index (χ2v) is 6.76. The molecular formula is C13H18ClNO3S. The zero-order valence-electron chi connectivity index (χ0n) is 11.1. The zero-order chi connectivity index (χ0) is 14.5. The van der Waals surface area contributed by atoms with Crippen LogP contribution in [-0.4, -0.2) is 20.9 Å². The molecule has 0 aromatic heterocycles. The lowest BCUT2D eigenvalue weighted by Crippen LogP contribution is -2.24. The van der Waals surface area contributed by atoms with Crippen molar-refractivity contribution in [2.24, 2.45) is 0 Å². The van der Waals surface area contributed by atoms with Gasteiger partial charge in [-0.25, -0.2) is 8.42 Å². The Hall–Kier alpha value is -1.07. The first-order valence-corrected chi connectivity index (χ1v) is 8.56. The Labute approximate surface area is 118 Å². The van der Waals surface area contributed by atoms with Crippen LogP contribution in [0, 0.1) is 0 Å². The fraction of sp³-hybridized carbons (Fsp3) is 0.462. The summed E-state index contributed by atoms with van der Waals surface area (Å²) in [4.78, 5) is 11.9. The third-order valence-corrected chi connectivity index (χ3v) is 4.19. The minimum Gasteiger partial charge on any atom is -0.352 e. The Balaban J connectivity index is 3.02. The standard InChI is InChI=1S/C13H18ClNO3S/c1-3-5-8-15-13(16)11-7-6-10(4-2)12(9-11)19(14,17)18/h6-7,9H,3-5,8H2,1-2H3,(H,15,16). The lowest BCUT2D eigenvalue weighted by molar-refractivity contribution is 0.0953. The number of halogens is 1. The van der Waals surface area contributed by atoms with E-state index in [4.69, 9.17) is 10.7 Å². The van der Waals surface area contributed by atoms with E-state index in [9.17, 15) is 13.2 Å². The summed E-state index contributed by atoms with van der Waals surface area (Å²) in [6.07, 6.45) is 2.41. The van der Waals surface area contributed by atoms with Gasteiger partial charge in [-0.1, -0.05) is 26.3 Å². The minimum absolute atomic E-state index is 0.0137. The second-order valence-electron chi connectivity index (χ2n) is 4.22. The lowest BCUT2D eigenvalue weighted by Gasteiger charge is -2.08. The predicted octanol–water partition coefficient (Wildman–Crippen LogP) is 2.71. The highest BCUT2D eigenvalue weighted by Gasteiger charge is 2.17. The number of rotatable bonds is 6. The van der Waals surface area contributed by atoms with Crippen LogP contribution in [0.1, 0.15) is 42.6 Å². The van der Waals surface area contributed by atoms with Crippen LogP contribution in [0.5, 0.6) is 0 Å². The first kappa shape index (κ1) is 16.0. The summed E-state index contributed by atoms with van der Waals surface area (Å²) >= 11 is 0. The van der Waals surface area contributed by atoms with Gasteiger partial charge in [-0.05, 0) is 30.5 Å². The van der Waals surface area contributed by atoms with Gasteiger partial charge in [-0.15, -0.1) is 0 Å². The summed E-state index contributed by atoms with van der Waals surface area (Å²) in [6, 6.07) is 4.58. The molecule has 0 heterocycles. The van der Waals surface area contributed by atoms with Gasteiger partial charge in [0.05, 0.1) is 4.90 Å². The van der Waals surface area contributed by atoms with Crippen molar-refractivity contribution < 1.29 is 13.2 Å². The smallest absolute Gasteiger partial charge is 0.261 e. The van der Waals surface area contributed by atoms with Crippen molar-refractivity contribution in [3.8, 4) is 0 Å². The fourth-order valence-corrected chi connectivity index (χ4v) is 2.92. The highest BCUT2D eigenvalue weighted by Crippen LogP contribution is 2.22. The SMILES string of the molecule is CCCCNC(=O)c1ccc(CC)c(S(=O)(=O)Cl)c1. The first-order chi connectivity index (χ1) is 8.90. The van der Waals surface area contributed by atoms with E-state index in [0.29, 0.717) is 24.1 Å². The normalized spacial score (nSPS) is 11.3. The van der Waals surface area contributed by atoms with Crippen LogP contribution in [0.25, 0.3) is 0 Å². The van der Waals surface area contributed by atoms with E-state index < -0.39 is 9.05 Å². The van der Waals surface area contributed by atoms with Gasteiger partial charge in [0.1, 0.15) is 0 Å². The summed E-state index contributed by atoms with van der Waals surface area (Å²) in [5, 5.41) is 2.74. The highest BCUT2D eigenvalue weighted by molar-refractivity contribution is 8.13. The number of unbranched alkanes of at least 4 members (excludes halogenated alkanes) is 1. The van der Waals surface area contributed by atoms with E-state index in [0.717, 1.165) is 12.8 Å². The van der Waals surface area contributed by atoms with Crippen molar-refractivity contribution in [1.82, 2.24) is 5.32 Å². The maximum Gasteiger partial charge on any atom is 0.261 e. The molecule has 0 atom stereocenters. The monoisotopic (exact) mass is 303 g/mol. The number of carbonyl (C=O) groups is 1. The number of carbonyl (C=O) groups excluding carboxylic acids is 1. The number of amides is 1. The molecule has 19 heavy (non-hydrogen) atoms. The zero-order valence-corrected chi connectivity index (χ0v) is 12.6. The average Bonchev–Trinajstić information content (AvgIpc) is 2.37. The summed E-state index contributed by atoms with van der Waals surface area (Å²) in [7, 11) is 1.55. The van der Waals surface area contributed by atoms with Crippen molar-refractivity contribution >= 4 is 25.6 Å². The molecule has 0 bridgehead atoms. The Morgan fingerprint density at radius 2 is 2.00 bits per heavy atom. The number of nitrogens with one attached hydrogen (secondary N) is 1. The topological polar surface area (TPSA) is 63.2 Å². The van der Waals surface area contributed by atoms with E-state index in [2.05, 4.69) is 5.32 Å². The molecule has 0 saturated carbocycles. The molecule has 1 amide bonds. The average molecular weight is 304 g/mol. The lowest BCUT2D eigenvalue weighted by atomic mass is 10.1. The number of hydrogen-bond donors (Lipinski definition) is 1. The molecule has 1 rings (SSSR count). The Bertz CT molecular complexity index is 555. The Morgan fingerprint density at radius 3 is 2.53 bits per heavy atom. The summed E-state index contributed by atoms with van der Waals surface area (Å²) in [5.74, 6) is -0.280. The maximum absolute atomic E-state index is 11.8. The van der Waals surface area contributed by atoms with E-state index in [1.54, 1.807) is 12.1 Å². The van der Waals surface area contributed by atoms with Gasteiger partial charge in [0, 0.05) is 22.8 Å². The Morgan fingerprint density at radius 1 is 1.32 bits per heavy atom. The number of hydrogen-bond acceptors (Lipinski definition) is 3. The largest absolute Gasteiger partial charge is 0.352 e. The van der Waals surface area contributed by atoms with Crippen LogP contribution in [0.2, 0.25) is 0 Å². The molecule has 1 aromatic rings. The fourth-order valence-electron chi connectivity index (χ4n) is 1.70. The number of benzene rings is 1. The van der Waals surface area contributed by atoms with Gasteiger partial charge in [0.2, 0.25) is 0 Å². The third kappa shape index (κ3) is 4.51. The van der Waals surface area contributed by atoms with Crippen molar-refractivity contribution in [1.29, 1.82) is 0 Å². The van der Waals surface area contributed by atoms with Gasteiger partial charge in [-0.2, -0.15) is 0 Å². The molecule has 6 heteroatoms. The highest BCUT2D eigenvalue weighted by atomic mass is 35.7. The van der Waals surface area contributed by atoms with E-state index in [1.807, 2.05) is 13.8 Å². The molecule has 1 aromatic carbocycles. The molecule has 0 aliphatic rings. The van der Waals surface area contributed by atoms with Gasteiger partial charge >= 0.3 is 0 Å². The molecule has 0 spiro atoms. The molecule has 0 radical (unpaired) electrons. The molecule has 106 valence electrons. The van der Waals surface area contributed by atoms with E-state index >= 15 is 0 Å². The van der Waals surface area contributed by atoms with Crippen LogP contribution in [0.3, 0.4) is 0 Å². The van der Waals surface area contributed by atoms with Gasteiger partial charge in [0.15, 0.2) is 0 Å². The van der Waals surface area contributed by atoms with Crippen LogP contribution >= 0.6 is 10.7 Å². The van der Waals surface area contributed by atoms with Crippen molar-refractivity contribution in [2.45, 2.75) is 38.0 Å². The van der Waals surface area contributed by atoms with Gasteiger partial charge < -0.3 is 5.32 Å². The second kappa shape index (κ2) is 6.91. The third-order valence-electron chi connectivity index (χ3n) is 2.79. The van der Waals surface area contributed by atoms with Crippen LogP contribution < -0.4 is 5.32 Å². The van der Waals surface area contributed by atoms with Crippen LogP contribution in [0.4, 0.5) is 0 Å². The number of aryl methyl sites for hydroxylation is 1. The van der Waals surface area contributed by atoms with E-state index in [-0.39, 0.29) is 10.8 Å². The van der Waals surface area contributed by atoms with Gasteiger partial charge in [-0.3, -0.25) is 4.79 Å². The van der Waals surface area contributed by atoms with Crippen LogP contribution in [0.15, 0.2) is 23.1 Å². The molecule has 1 N–H and O–H groups in total. The van der Waals surface area contributed by atoms with Crippen molar-refractivity contribution in [3.05, 3.63) is 29.3 Å². The molecule has 0 unspecified atom stereocenters. The summed E-state index contributed by atoms with van der Waals surface area (Å²) < 4.78 is 23.0.